The molecule has 5 nitrogen and oxygen atoms in total. The van der Waals surface area contributed by atoms with Gasteiger partial charge in [0.1, 0.15) is 0 Å². The molecule has 1 unspecified atom stereocenters. The average molecular weight is 406 g/mol. The number of carbonyl (C=O) groups is 1. The van der Waals surface area contributed by atoms with E-state index in [1.165, 1.54) is 0 Å². The fraction of sp³-hybridized carbons (Fsp3) is 0.800. The largest absolute Gasteiger partial charge is 0.437 e. The summed E-state index contributed by atoms with van der Waals surface area (Å²) in [5.74, 6) is -0.0817. The van der Waals surface area contributed by atoms with Crippen LogP contribution in [0.15, 0.2) is 12.2 Å². The molecule has 0 bridgehead atoms. The number of nitrogens with one attached hydrogen (secondary N) is 1. The van der Waals surface area contributed by atoms with E-state index in [0.717, 1.165) is 18.1 Å². The van der Waals surface area contributed by atoms with Gasteiger partial charge in [-0.2, -0.15) is 0 Å². The average Bonchev–Trinajstić information content (AvgIpc) is 2.27. The highest BCUT2D eigenvalue weighted by molar-refractivity contribution is 6.99. The van der Waals surface area contributed by atoms with Crippen molar-refractivity contribution in [1.82, 2.24) is 5.32 Å². The van der Waals surface area contributed by atoms with Crippen LogP contribution in [0.5, 0.6) is 0 Å². The smallest absolute Gasteiger partial charge is 0.315 e. The minimum Gasteiger partial charge on any atom is -0.437 e. The first-order valence-electron chi connectivity index (χ1n) is 8.70. The van der Waals surface area contributed by atoms with Crippen LogP contribution in [0.25, 0.3) is 0 Å². The van der Waals surface area contributed by atoms with Crippen LogP contribution >= 0.6 is 0 Å². The molecule has 0 aromatic rings. The molecular formula is C15H35NO4Si4. The second-order valence-corrected chi connectivity index (χ2v) is 25.1. The first-order chi connectivity index (χ1) is 10.7. The summed E-state index contributed by atoms with van der Waals surface area (Å²) in [6.07, 6.45) is 0.859. The fourth-order valence-corrected chi connectivity index (χ4v) is 30.7. The highest BCUT2D eigenvalue weighted by atomic mass is 28.5. The van der Waals surface area contributed by atoms with E-state index in [-0.39, 0.29) is 5.91 Å². The minimum absolute atomic E-state index is 0.0817. The Kier molecular flexibility index (Phi) is 7.04. The Morgan fingerprint density at radius 1 is 1.00 bits per heavy atom. The van der Waals surface area contributed by atoms with Gasteiger partial charge in [0.25, 0.3) is 0 Å². The lowest BCUT2D eigenvalue weighted by Crippen LogP contribution is -2.63. The highest BCUT2D eigenvalue weighted by Gasteiger charge is 2.50. The van der Waals surface area contributed by atoms with Crippen LogP contribution in [0.3, 0.4) is 0 Å². The van der Waals surface area contributed by atoms with Gasteiger partial charge in [-0.05, 0) is 70.9 Å². The number of hydrogen-bond donors (Lipinski definition) is 1. The molecule has 140 valence electrons. The van der Waals surface area contributed by atoms with Crippen LogP contribution in [0, 0.1) is 0 Å². The Balaban J connectivity index is 2.75. The van der Waals surface area contributed by atoms with Crippen molar-refractivity contribution in [2.45, 2.75) is 70.9 Å². The standard InChI is InChI=1S/C15H35NO4Si4/c1-14(2)15(17)16-11-10-12-24(9)19-22(5,6)13-21(3,4)18-23(7,8)20-24/h1,10-13H2,2-9H3,(H,16,17). The maximum absolute atomic E-state index is 11.6. The zero-order valence-corrected chi connectivity index (χ0v) is 20.7. The van der Waals surface area contributed by atoms with Crippen LogP contribution in [0.2, 0.25) is 57.5 Å². The maximum atomic E-state index is 11.6. The van der Waals surface area contributed by atoms with Crippen LogP contribution in [0.4, 0.5) is 0 Å². The molecule has 1 aliphatic heterocycles. The van der Waals surface area contributed by atoms with E-state index in [0.29, 0.717) is 12.1 Å². The maximum Gasteiger partial charge on any atom is 0.315 e. The molecule has 1 rings (SSSR count). The van der Waals surface area contributed by atoms with Gasteiger partial charge in [0.05, 0.1) is 0 Å². The van der Waals surface area contributed by atoms with E-state index in [9.17, 15) is 4.79 Å². The monoisotopic (exact) mass is 405 g/mol. The van der Waals surface area contributed by atoms with Crippen LogP contribution in [-0.4, -0.2) is 46.2 Å². The molecule has 1 aliphatic rings. The lowest BCUT2D eigenvalue weighted by Gasteiger charge is -2.47. The molecule has 0 aromatic carbocycles. The van der Waals surface area contributed by atoms with Crippen molar-refractivity contribution in [3.05, 3.63) is 12.2 Å². The van der Waals surface area contributed by atoms with E-state index in [4.69, 9.17) is 12.3 Å². The van der Waals surface area contributed by atoms with Crippen molar-refractivity contribution in [3.63, 3.8) is 0 Å². The molecule has 0 aliphatic carbocycles. The molecule has 9 heteroatoms. The summed E-state index contributed by atoms with van der Waals surface area (Å²) in [7, 11) is -8.05. The summed E-state index contributed by atoms with van der Waals surface area (Å²) in [4.78, 5) is 11.6. The van der Waals surface area contributed by atoms with Crippen molar-refractivity contribution < 1.29 is 17.1 Å². The molecular weight excluding hydrogens is 371 g/mol. The summed E-state index contributed by atoms with van der Waals surface area (Å²) < 4.78 is 19.8. The number of carbonyl (C=O) groups excluding carboxylic acids is 1. The van der Waals surface area contributed by atoms with E-state index in [2.05, 4.69) is 57.7 Å². The van der Waals surface area contributed by atoms with Crippen molar-refractivity contribution >= 4 is 39.7 Å². The molecule has 1 saturated heterocycles. The summed E-state index contributed by atoms with van der Waals surface area (Å²) in [6.45, 7) is 21.6. The zero-order chi connectivity index (χ0) is 18.8. The SMILES string of the molecule is C=C(C)C(=O)NCCC[Si]1(C)O[Si](C)(C)C[Si](C)(C)O[Si](C)(C)O1. The minimum atomic E-state index is -2.30. The number of hydrogen-bond acceptors (Lipinski definition) is 4. The predicted octanol–water partition coefficient (Wildman–Crippen LogP) is 3.86. The summed E-state index contributed by atoms with van der Waals surface area (Å²) in [5, 5.41) is 2.89. The second kappa shape index (κ2) is 7.68. The van der Waals surface area contributed by atoms with Gasteiger partial charge in [-0.3, -0.25) is 4.79 Å². The lowest BCUT2D eigenvalue weighted by molar-refractivity contribution is -0.117. The molecule has 1 atom stereocenters. The van der Waals surface area contributed by atoms with E-state index in [1.807, 2.05) is 0 Å². The third-order valence-electron chi connectivity index (χ3n) is 3.81. The van der Waals surface area contributed by atoms with Crippen molar-refractivity contribution in [1.29, 1.82) is 0 Å². The van der Waals surface area contributed by atoms with E-state index >= 15 is 0 Å². The van der Waals surface area contributed by atoms with Gasteiger partial charge in [0.2, 0.25) is 5.91 Å². The highest BCUT2D eigenvalue weighted by Crippen LogP contribution is 2.35. The quantitative estimate of drug-likeness (QED) is 0.429. The Bertz CT molecular complexity index is 472. The van der Waals surface area contributed by atoms with Gasteiger partial charge >= 0.3 is 17.1 Å². The van der Waals surface area contributed by atoms with Gasteiger partial charge in [0, 0.05) is 12.1 Å². The first kappa shape index (κ1) is 22.0. The lowest BCUT2D eigenvalue weighted by atomic mass is 10.3. The van der Waals surface area contributed by atoms with Crippen LogP contribution in [0.1, 0.15) is 13.3 Å². The first-order valence-corrected chi connectivity index (χ1v) is 20.3. The third-order valence-corrected chi connectivity index (χ3v) is 23.7. The molecule has 1 amide bonds. The summed E-state index contributed by atoms with van der Waals surface area (Å²) >= 11 is 0. The van der Waals surface area contributed by atoms with Crippen LogP contribution < -0.4 is 5.32 Å². The Hall–Kier alpha value is -0.0425. The third kappa shape index (κ3) is 7.46. The van der Waals surface area contributed by atoms with Gasteiger partial charge in [0.15, 0.2) is 16.6 Å². The van der Waals surface area contributed by atoms with Crippen molar-refractivity contribution in [3.8, 4) is 0 Å². The Labute approximate surface area is 151 Å². The molecule has 0 spiro atoms. The van der Waals surface area contributed by atoms with Crippen molar-refractivity contribution in [2.75, 3.05) is 6.54 Å². The number of rotatable bonds is 5. The molecule has 1 fully saturated rings. The molecule has 1 heterocycles. The second-order valence-electron chi connectivity index (χ2n) is 8.68. The molecule has 0 saturated carbocycles. The molecule has 0 aromatic heterocycles. The van der Waals surface area contributed by atoms with E-state index in [1.54, 1.807) is 6.92 Å². The van der Waals surface area contributed by atoms with Gasteiger partial charge in [-0.15, -0.1) is 0 Å². The van der Waals surface area contributed by atoms with Gasteiger partial charge in [-0.25, -0.2) is 0 Å². The van der Waals surface area contributed by atoms with Crippen LogP contribution in [-0.2, 0) is 17.1 Å². The van der Waals surface area contributed by atoms with Crippen molar-refractivity contribution in [2.24, 2.45) is 0 Å². The van der Waals surface area contributed by atoms with E-state index < -0.39 is 33.8 Å². The fourth-order valence-electron chi connectivity index (χ4n) is 3.77. The molecule has 0 radical (unpaired) electrons. The summed E-state index contributed by atoms with van der Waals surface area (Å²) in [5.41, 5.74) is 1.65. The van der Waals surface area contributed by atoms with Gasteiger partial charge < -0.3 is 17.7 Å². The zero-order valence-electron chi connectivity index (χ0n) is 16.7. The van der Waals surface area contributed by atoms with Gasteiger partial charge in [-0.1, -0.05) is 6.58 Å². The number of amides is 1. The predicted molar refractivity (Wildman–Crippen MR) is 109 cm³/mol. The molecule has 24 heavy (non-hydrogen) atoms. The normalized spacial score (nSPS) is 28.5. The topological polar surface area (TPSA) is 56.8 Å². The summed E-state index contributed by atoms with van der Waals surface area (Å²) in [6, 6.07) is 0.877. The molecule has 1 N–H and O–H groups in total. The Morgan fingerprint density at radius 2 is 1.54 bits per heavy atom. The Morgan fingerprint density at radius 3 is 2.08 bits per heavy atom.